The molecule has 1 aromatic rings. The fraction of sp³-hybridized carbons (Fsp3) is 0.538. The molecule has 2 N–H and O–H groups in total. The number of hydrogen-bond donors (Lipinski definition) is 1. The summed E-state index contributed by atoms with van der Waals surface area (Å²) in [6, 6.07) is 8.65. The molecule has 0 radical (unpaired) electrons. The number of hydrogen-bond acceptors (Lipinski definition) is 3. The van der Waals surface area contributed by atoms with Gasteiger partial charge in [0.15, 0.2) is 0 Å². The molecule has 1 aliphatic heterocycles. The van der Waals surface area contributed by atoms with Gasteiger partial charge in [0, 0.05) is 39.3 Å². The van der Waals surface area contributed by atoms with E-state index in [-0.39, 0.29) is 37.2 Å². The molecule has 112 valence electrons. The van der Waals surface area contributed by atoms with E-state index in [1.807, 2.05) is 0 Å². The molecule has 2 rings (SSSR count). The average molecular weight is 329 g/mol. The number of rotatable bonds is 3. The van der Waals surface area contributed by atoms with Gasteiger partial charge in [-0.05, 0) is 18.2 Å². The summed E-state index contributed by atoms with van der Waals surface area (Å²) in [4.78, 5) is 4.89. The van der Waals surface area contributed by atoms with E-state index in [1.54, 1.807) is 0 Å². The summed E-state index contributed by atoms with van der Waals surface area (Å²) < 4.78 is 0. The summed E-state index contributed by atoms with van der Waals surface area (Å²) in [6.45, 7) is 6.42. The molecule has 1 saturated heterocycles. The van der Waals surface area contributed by atoms with Crippen LogP contribution in [0.4, 0.5) is 0 Å². The highest BCUT2D eigenvalue weighted by Crippen LogP contribution is 2.09. The second kappa shape index (κ2) is 10.7. The first-order chi connectivity index (χ1) is 7.78. The summed E-state index contributed by atoms with van der Waals surface area (Å²) in [5, 5.41) is 0. The monoisotopic (exact) mass is 327 g/mol. The maximum Gasteiger partial charge on any atom is 0.0234 e. The van der Waals surface area contributed by atoms with Gasteiger partial charge in [-0.3, -0.25) is 4.90 Å². The molecule has 0 aromatic heterocycles. The molecule has 0 atom stereocenters. The van der Waals surface area contributed by atoms with E-state index in [0.29, 0.717) is 6.54 Å². The molecule has 0 spiro atoms. The normalized spacial score (nSPS) is 15.9. The van der Waals surface area contributed by atoms with Crippen molar-refractivity contribution in [3.63, 3.8) is 0 Å². The lowest BCUT2D eigenvalue weighted by Gasteiger charge is -2.32. The molecule has 6 heteroatoms. The van der Waals surface area contributed by atoms with Crippen LogP contribution in [0, 0.1) is 0 Å². The summed E-state index contributed by atoms with van der Waals surface area (Å²) in [6.07, 6.45) is 0. The van der Waals surface area contributed by atoms with Crippen molar-refractivity contribution in [2.24, 2.45) is 5.73 Å². The van der Waals surface area contributed by atoms with E-state index in [1.165, 1.54) is 37.3 Å². The molecule has 1 heterocycles. The van der Waals surface area contributed by atoms with Crippen LogP contribution in [0.2, 0.25) is 0 Å². The smallest absolute Gasteiger partial charge is 0.0234 e. The van der Waals surface area contributed by atoms with Crippen molar-refractivity contribution in [1.29, 1.82) is 0 Å². The summed E-state index contributed by atoms with van der Waals surface area (Å²) in [5.74, 6) is 0. The number of likely N-dealkylation sites (N-methyl/N-ethyl adjacent to an activating group) is 1. The number of piperazine rings is 1. The van der Waals surface area contributed by atoms with Crippen LogP contribution in [-0.4, -0.2) is 43.0 Å². The number of nitrogens with zero attached hydrogens (tertiary/aromatic N) is 2. The maximum atomic E-state index is 5.58. The van der Waals surface area contributed by atoms with Crippen LogP contribution in [0.25, 0.3) is 0 Å². The maximum absolute atomic E-state index is 5.58. The lowest BCUT2D eigenvalue weighted by molar-refractivity contribution is 0.148. The molecule has 0 amide bonds. The van der Waals surface area contributed by atoms with Gasteiger partial charge in [0.2, 0.25) is 0 Å². The van der Waals surface area contributed by atoms with Crippen LogP contribution in [0.15, 0.2) is 24.3 Å². The van der Waals surface area contributed by atoms with Crippen molar-refractivity contribution in [1.82, 2.24) is 9.80 Å². The van der Waals surface area contributed by atoms with Crippen molar-refractivity contribution >= 4 is 37.2 Å². The third-order valence-electron chi connectivity index (χ3n) is 3.26. The van der Waals surface area contributed by atoms with Gasteiger partial charge in [0.05, 0.1) is 0 Å². The SMILES string of the molecule is CN1CCN(Cc2ccc(CN)cc2)CC1.Cl.Cl.Cl. The Morgan fingerprint density at radius 3 is 1.84 bits per heavy atom. The van der Waals surface area contributed by atoms with Gasteiger partial charge in [-0.1, -0.05) is 24.3 Å². The highest BCUT2D eigenvalue weighted by atomic mass is 35.5. The Morgan fingerprint density at radius 2 is 1.37 bits per heavy atom. The van der Waals surface area contributed by atoms with Gasteiger partial charge in [-0.15, -0.1) is 37.2 Å². The second-order valence-electron chi connectivity index (χ2n) is 4.60. The van der Waals surface area contributed by atoms with E-state index < -0.39 is 0 Å². The Kier molecular flexibility index (Phi) is 12.0. The predicted octanol–water partition coefficient (Wildman–Crippen LogP) is 2.16. The molecule has 19 heavy (non-hydrogen) atoms. The zero-order valence-corrected chi connectivity index (χ0v) is 13.7. The van der Waals surface area contributed by atoms with Gasteiger partial charge in [-0.2, -0.15) is 0 Å². The lowest BCUT2D eigenvalue weighted by atomic mass is 10.1. The molecule has 1 aromatic carbocycles. The molecular formula is C13H24Cl3N3. The zero-order valence-electron chi connectivity index (χ0n) is 11.2. The third kappa shape index (κ3) is 6.80. The van der Waals surface area contributed by atoms with E-state index in [4.69, 9.17) is 5.73 Å². The fourth-order valence-corrected chi connectivity index (χ4v) is 2.04. The van der Waals surface area contributed by atoms with Crippen LogP contribution in [-0.2, 0) is 13.1 Å². The zero-order chi connectivity index (χ0) is 11.4. The van der Waals surface area contributed by atoms with Crippen molar-refractivity contribution in [2.45, 2.75) is 13.1 Å². The van der Waals surface area contributed by atoms with Crippen LogP contribution >= 0.6 is 37.2 Å². The van der Waals surface area contributed by atoms with Crippen molar-refractivity contribution < 1.29 is 0 Å². The quantitative estimate of drug-likeness (QED) is 0.923. The molecule has 1 aliphatic rings. The molecular weight excluding hydrogens is 305 g/mol. The first kappa shape index (κ1) is 21.3. The highest BCUT2D eigenvalue weighted by molar-refractivity contribution is 5.86. The minimum absolute atomic E-state index is 0. The topological polar surface area (TPSA) is 32.5 Å². The van der Waals surface area contributed by atoms with Crippen LogP contribution in [0.1, 0.15) is 11.1 Å². The predicted molar refractivity (Wildman–Crippen MR) is 88.9 cm³/mol. The Morgan fingerprint density at radius 1 is 0.895 bits per heavy atom. The third-order valence-corrected chi connectivity index (χ3v) is 3.26. The second-order valence-corrected chi connectivity index (χ2v) is 4.60. The van der Waals surface area contributed by atoms with Crippen molar-refractivity contribution in [2.75, 3.05) is 33.2 Å². The van der Waals surface area contributed by atoms with E-state index >= 15 is 0 Å². The molecule has 3 nitrogen and oxygen atoms in total. The van der Waals surface area contributed by atoms with Gasteiger partial charge >= 0.3 is 0 Å². The van der Waals surface area contributed by atoms with Crippen molar-refractivity contribution in [3.8, 4) is 0 Å². The Bertz CT molecular complexity index is 324. The summed E-state index contributed by atoms with van der Waals surface area (Å²) in [7, 11) is 2.19. The van der Waals surface area contributed by atoms with Crippen LogP contribution < -0.4 is 5.73 Å². The molecule has 0 aliphatic carbocycles. The molecule has 0 bridgehead atoms. The lowest BCUT2D eigenvalue weighted by Crippen LogP contribution is -2.43. The fourth-order valence-electron chi connectivity index (χ4n) is 2.04. The Labute approximate surface area is 134 Å². The number of halogens is 3. The Hall–Kier alpha value is -0.0300. The van der Waals surface area contributed by atoms with Gasteiger partial charge in [-0.25, -0.2) is 0 Å². The average Bonchev–Trinajstić information content (AvgIpc) is 2.33. The van der Waals surface area contributed by atoms with E-state index in [2.05, 4.69) is 41.1 Å². The van der Waals surface area contributed by atoms with Crippen LogP contribution in [0.3, 0.4) is 0 Å². The number of benzene rings is 1. The Balaban J connectivity index is 0. The minimum atomic E-state index is 0. The highest BCUT2D eigenvalue weighted by Gasteiger charge is 2.13. The van der Waals surface area contributed by atoms with Gasteiger partial charge < -0.3 is 10.6 Å². The van der Waals surface area contributed by atoms with E-state index in [9.17, 15) is 0 Å². The molecule has 1 fully saturated rings. The number of nitrogens with two attached hydrogens (primary N) is 1. The summed E-state index contributed by atoms with van der Waals surface area (Å²) in [5.41, 5.74) is 8.18. The van der Waals surface area contributed by atoms with Crippen LogP contribution in [0.5, 0.6) is 0 Å². The largest absolute Gasteiger partial charge is 0.326 e. The summed E-state index contributed by atoms with van der Waals surface area (Å²) >= 11 is 0. The first-order valence-corrected chi connectivity index (χ1v) is 5.97. The van der Waals surface area contributed by atoms with Gasteiger partial charge in [0.1, 0.15) is 0 Å². The van der Waals surface area contributed by atoms with Gasteiger partial charge in [0.25, 0.3) is 0 Å². The van der Waals surface area contributed by atoms with Crippen molar-refractivity contribution in [3.05, 3.63) is 35.4 Å². The standard InChI is InChI=1S/C13H21N3.3ClH/c1-15-6-8-16(9-7-15)11-13-4-2-12(10-14)3-5-13;;;/h2-5H,6-11,14H2,1H3;3*1H. The van der Waals surface area contributed by atoms with E-state index in [0.717, 1.165) is 6.54 Å². The first-order valence-electron chi connectivity index (χ1n) is 5.97. The minimum Gasteiger partial charge on any atom is -0.326 e. The molecule has 0 unspecified atom stereocenters. The molecule has 0 saturated carbocycles.